The lowest BCUT2D eigenvalue weighted by atomic mass is 9.85. The SMILES string of the molecule is C[C@@H]1Cc2ccccc2N1C(=O)CN[C@@H]1CCCC[C@H]1CO. The van der Waals surface area contributed by atoms with Crippen molar-refractivity contribution in [2.45, 2.75) is 51.1 Å². The van der Waals surface area contributed by atoms with Crippen LogP contribution in [0.4, 0.5) is 5.69 Å². The summed E-state index contributed by atoms with van der Waals surface area (Å²) in [6.45, 7) is 2.68. The second-order valence-corrected chi connectivity index (χ2v) is 6.66. The molecule has 3 atom stereocenters. The number of carbonyl (C=O) groups is 1. The van der Waals surface area contributed by atoms with E-state index in [0.29, 0.717) is 12.5 Å². The topological polar surface area (TPSA) is 52.6 Å². The zero-order chi connectivity index (χ0) is 15.5. The number of nitrogens with zero attached hydrogens (tertiary/aromatic N) is 1. The monoisotopic (exact) mass is 302 g/mol. The molecule has 4 nitrogen and oxygen atoms in total. The summed E-state index contributed by atoms with van der Waals surface area (Å²) in [7, 11) is 0. The number of aliphatic hydroxyl groups excluding tert-OH is 1. The summed E-state index contributed by atoms with van der Waals surface area (Å²) in [5.41, 5.74) is 2.32. The summed E-state index contributed by atoms with van der Waals surface area (Å²) >= 11 is 0. The molecule has 4 heteroatoms. The van der Waals surface area contributed by atoms with E-state index >= 15 is 0 Å². The predicted octanol–water partition coefficient (Wildman–Crippen LogP) is 2.10. The van der Waals surface area contributed by atoms with Gasteiger partial charge in [0.05, 0.1) is 6.54 Å². The third kappa shape index (κ3) is 3.03. The first-order chi connectivity index (χ1) is 10.7. The van der Waals surface area contributed by atoms with Gasteiger partial charge >= 0.3 is 0 Å². The van der Waals surface area contributed by atoms with Gasteiger partial charge in [-0.1, -0.05) is 31.0 Å². The van der Waals surface area contributed by atoms with E-state index in [2.05, 4.69) is 18.3 Å². The van der Waals surface area contributed by atoms with Crippen molar-refractivity contribution < 1.29 is 9.90 Å². The summed E-state index contributed by atoms with van der Waals surface area (Å²) in [5, 5.41) is 12.9. The van der Waals surface area contributed by atoms with Crippen LogP contribution in [0.5, 0.6) is 0 Å². The number of hydrogen-bond acceptors (Lipinski definition) is 3. The number of benzene rings is 1. The van der Waals surface area contributed by atoms with E-state index in [9.17, 15) is 9.90 Å². The largest absolute Gasteiger partial charge is 0.396 e. The number of para-hydroxylation sites is 1. The van der Waals surface area contributed by atoms with Crippen LogP contribution in [0, 0.1) is 5.92 Å². The maximum Gasteiger partial charge on any atom is 0.241 e. The molecule has 0 aromatic heterocycles. The summed E-state index contributed by atoms with van der Waals surface area (Å²) < 4.78 is 0. The van der Waals surface area contributed by atoms with Gasteiger partial charge in [0, 0.05) is 24.4 Å². The minimum Gasteiger partial charge on any atom is -0.396 e. The van der Waals surface area contributed by atoms with Crippen molar-refractivity contribution in [1.29, 1.82) is 0 Å². The molecule has 0 saturated heterocycles. The molecule has 0 bridgehead atoms. The molecule has 3 rings (SSSR count). The van der Waals surface area contributed by atoms with Gasteiger partial charge in [-0.2, -0.15) is 0 Å². The maximum absolute atomic E-state index is 12.7. The van der Waals surface area contributed by atoms with E-state index in [0.717, 1.165) is 24.9 Å². The molecule has 2 N–H and O–H groups in total. The Kier molecular flexibility index (Phi) is 4.79. The van der Waals surface area contributed by atoms with Crippen LogP contribution in [0.3, 0.4) is 0 Å². The van der Waals surface area contributed by atoms with Gasteiger partial charge in [0.15, 0.2) is 0 Å². The quantitative estimate of drug-likeness (QED) is 0.895. The highest BCUT2D eigenvalue weighted by Crippen LogP contribution is 2.31. The van der Waals surface area contributed by atoms with Gasteiger partial charge in [-0.25, -0.2) is 0 Å². The predicted molar refractivity (Wildman–Crippen MR) is 87.9 cm³/mol. The lowest BCUT2D eigenvalue weighted by Crippen LogP contribution is -2.47. The van der Waals surface area contributed by atoms with Crippen LogP contribution in [-0.2, 0) is 11.2 Å². The maximum atomic E-state index is 12.7. The van der Waals surface area contributed by atoms with Crippen LogP contribution >= 0.6 is 0 Å². The molecule has 1 aromatic rings. The smallest absolute Gasteiger partial charge is 0.241 e. The lowest BCUT2D eigenvalue weighted by molar-refractivity contribution is -0.118. The van der Waals surface area contributed by atoms with E-state index in [1.165, 1.54) is 18.4 Å². The standard InChI is InChI=1S/C18H26N2O2/c1-13-10-14-6-3-5-9-17(14)20(13)18(22)11-19-16-8-4-2-7-15(16)12-21/h3,5-6,9,13,15-16,19,21H,2,4,7-8,10-12H2,1H3/t13-,15+,16-/m1/s1. The molecule has 120 valence electrons. The first-order valence-electron chi connectivity index (χ1n) is 8.45. The number of nitrogens with one attached hydrogen (secondary N) is 1. The fourth-order valence-electron chi connectivity index (χ4n) is 3.94. The van der Waals surface area contributed by atoms with Crippen molar-refractivity contribution in [3.63, 3.8) is 0 Å². The first-order valence-corrected chi connectivity index (χ1v) is 8.45. The number of aliphatic hydroxyl groups is 1. The second kappa shape index (κ2) is 6.80. The molecule has 2 aliphatic rings. The summed E-state index contributed by atoms with van der Waals surface area (Å²) in [4.78, 5) is 14.6. The number of rotatable bonds is 4. The minimum absolute atomic E-state index is 0.139. The van der Waals surface area contributed by atoms with Gasteiger partial charge in [0.2, 0.25) is 5.91 Å². The molecule has 1 heterocycles. The Hall–Kier alpha value is -1.39. The van der Waals surface area contributed by atoms with Gasteiger partial charge in [-0.3, -0.25) is 4.79 Å². The van der Waals surface area contributed by atoms with Crippen molar-refractivity contribution in [2.24, 2.45) is 5.92 Å². The number of carbonyl (C=O) groups excluding carboxylic acids is 1. The summed E-state index contributed by atoms with van der Waals surface area (Å²) in [5.74, 6) is 0.435. The molecule has 1 aromatic carbocycles. The number of fused-ring (bicyclic) bond motifs is 1. The molecule has 1 amide bonds. The molecule has 0 radical (unpaired) electrons. The Balaban J connectivity index is 1.62. The van der Waals surface area contributed by atoms with E-state index < -0.39 is 0 Å². The van der Waals surface area contributed by atoms with Crippen LogP contribution in [-0.4, -0.2) is 36.2 Å². The first kappa shape index (κ1) is 15.5. The normalized spacial score (nSPS) is 27.7. The lowest BCUT2D eigenvalue weighted by Gasteiger charge is -2.32. The number of amides is 1. The zero-order valence-corrected chi connectivity index (χ0v) is 13.3. The van der Waals surface area contributed by atoms with E-state index in [4.69, 9.17) is 0 Å². The fraction of sp³-hybridized carbons (Fsp3) is 0.611. The van der Waals surface area contributed by atoms with Gasteiger partial charge in [0.1, 0.15) is 0 Å². The van der Waals surface area contributed by atoms with Crippen molar-refractivity contribution in [1.82, 2.24) is 5.32 Å². The molecule has 1 saturated carbocycles. The van der Waals surface area contributed by atoms with Crippen LogP contribution in [0.25, 0.3) is 0 Å². The summed E-state index contributed by atoms with van der Waals surface area (Å²) in [6, 6.07) is 8.67. The molecule has 1 fully saturated rings. The molecule has 0 spiro atoms. The number of anilines is 1. The average Bonchev–Trinajstić information content (AvgIpc) is 2.88. The zero-order valence-electron chi connectivity index (χ0n) is 13.3. The van der Waals surface area contributed by atoms with Gasteiger partial charge in [-0.15, -0.1) is 0 Å². The van der Waals surface area contributed by atoms with Gasteiger partial charge in [-0.05, 0) is 43.7 Å². The highest BCUT2D eigenvalue weighted by Gasteiger charge is 2.31. The minimum atomic E-state index is 0.139. The fourth-order valence-corrected chi connectivity index (χ4v) is 3.94. The summed E-state index contributed by atoms with van der Waals surface area (Å²) in [6.07, 6.45) is 5.43. The van der Waals surface area contributed by atoms with Crippen molar-refractivity contribution in [3.8, 4) is 0 Å². The second-order valence-electron chi connectivity index (χ2n) is 6.66. The third-order valence-corrected chi connectivity index (χ3v) is 5.14. The highest BCUT2D eigenvalue weighted by atomic mass is 16.3. The van der Waals surface area contributed by atoms with Crippen LogP contribution in [0.15, 0.2) is 24.3 Å². The van der Waals surface area contributed by atoms with Gasteiger partial charge in [0.25, 0.3) is 0 Å². The van der Waals surface area contributed by atoms with E-state index in [-0.39, 0.29) is 24.6 Å². The van der Waals surface area contributed by atoms with Crippen LogP contribution in [0.1, 0.15) is 38.2 Å². The van der Waals surface area contributed by atoms with Crippen molar-refractivity contribution >= 4 is 11.6 Å². The molecular formula is C18H26N2O2. The Morgan fingerprint density at radius 1 is 1.32 bits per heavy atom. The van der Waals surface area contributed by atoms with E-state index in [1.54, 1.807) is 0 Å². The Bertz CT molecular complexity index is 532. The van der Waals surface area contributed by atoms with Crippen LogP contribution < -0.4 is 10.2 Å². The van der Waals surface area contributed by atoms with Crippen molar-refractivity contribution in [2.75, 3.05) is 18.1 Å². The highest BCUT2D eigenvalue weighted by molar-refractivity contribution is 5.97. The van der Waals surface area contributed by atoms with Crippen molar-refractivity contribution in [3.05, 3.63) is 29.8 Å². The van der Waals surface area contributed by atoms with Crippen LogP contribution in [0.2, 0.25) is 0 Å². The van der Waals surface area contributed by atoms with E-state index in [1.807, 2.05) is 23.1 Å². The molecule has 0 unspecified atom stereocenters. The molecular weight excluding hydrogens is 276 g/mol. The number of hydrogen-bond donors (Lipinski definition) is 2. The van der Waals surface area contributed by atoms with Gasteiger partial charge < -0.3 is 15.3 Å². The average molecular weight is 302 g/mol. The third-order valence-electron chi connectivity index (χ3n) is 5.14. The molecule has 1 aliphatic heterocycles. The Morgan fingerprint density at radius 3 is 2.91 bits per heavy atom. The molecule has 22 heavy (non-hydrogen) atoms. The molecule has 1 aliphatic carbocycles. The Morgan fingerprint density at radius 2 is 2.09 bits per heavy atom. The Labute approximate surface area is 132 Å².